The SMILES string of the molecule is CCCC[C@H](C(=O)OCC(=O)Nc1cc(C)on1)N1C(=O)c2ccccc2C1=O. The van der Waals surface area contributed by atoms with Crippen molar-refractivity contribution in [2.75, 3.05) is 11.9 Å². The summed E-state index contributed by atoms with van der Waals surface area (Å²) in [5, 5.41) is 6.05. The number of anilines is 1. The largest absolute Gasteiger partial charge is 0.454 e. The minimum atomic E-state index is -1.09. The number of benzene rings is 1. The number of carbonyl (C=O) groups is 4. The first-order valence-electron chi connectivity index (χ1n) is 9.29. The molecule has 2 heterocycles. The van der Waals surface area contributed by atoms with E-state index < -0.39 is 36.3 Å². The second kappa shape index (κ2) is 8.68. The van der Waals surface area contributed by atoms with Gasteiger partial charge in [-0.3, -0.25) is 19.3 Å². The normalized spacial score (nSPS) is 13.9. The van der Waals surface area contributed by atoms with E-state index in [1.807, 2.05) is 6.92 Å². The molecule has 3 amide bonds. The van der Waals surface area contributed by atoms with Crippen molar-refractivity contribution in [3.8, 4) is 0 Å². The Balaban J connectivity index is 1.68. The summed E-state index contributed by atoms with van der Waals surface area (Å²) in [4.78, 5) is 51.0. The molecule has 0 aliphatic carbocycles. The molecule has 1 N–H and O–H groups in total. The van der Waals surface area contributed by atoms with E-state index in [1.165, 1.54) is 6.07 Å². The number of unbranched alkanes of at least 4 members (excludes halogenated alkanes) is 1. The maximum atomic E-state index is 12.7. The first kappa shape index (κ1) is 20.2. The zero-order valence-electron chi connectivity index (χ0n) is 16.1. The molecular weight excluding hydrogens is 378 g/mol. The van der Waals surface area contributed by atoms with E-state index in [9.17, 15) is 19.2 Å². The van der Waals surface area contributed by atoms with Crippen LogP contribution in [0.15, 0.2) is 34.9 Å². The number of aromatic nitrogens is 1. The topological polar surface area (TPSA) is 119 Å². The first-order valence-corrected chi connectivity index (χ1v) is 9.29. The lowest BCUT2D eigenvalue weighted by atomic mass is 10.1. The van der Waals surface area contributed by atoms with Crippen LogP contribution in [0.4, 0.5) is 5.82 Å². The van der Waals surface area contributed by atoms with Gasteiger partial charge < -0.3 is 14.6 Å². The average Bonchev–Trinajstić information content (AvgIpc) is 3.22. The molecule has 0 saturated heterocycles. The van der Waals surface area contributed by atoms with Crippen molar-refractivity contribution in [3.63, 3.8) is 0 Å². The van der Waals surface area contributed by atoms with Crippen molar-refractivity contribution in [1.29, 1.82) is 0 Å². The van der Waals surface area contributed by atoms with Crippen LogP contribution in [0.25, 0.3) is 0 Å². The van der Waals surface area contributed by atoms with Crippen molar-refractivity contribution in [2.24, 2.45) is 0 Å². The van der Waals surface area contributed by atoms with Gasteiger partial charge in [0.05, 0.1) is 11.1 Å². The van der Waals surface area contributed by atoms with Crippen LogP contribution in [-0.4, -0.2) is 46.4 Å². The highest BCUT2D eigenvalue weighted by Gasteiger charge is 2.43. The summed E-state index contributed by atoms with van der Waals surface area (Å²) in [6.45, 7) is 3.03. The number of amides is 3. The fourth-order valence-electron chi connectivity index (χ4n) is 3.08. The number of rotatable bonds is 8. The molecule has 0 radical (unpaired) electrons. The number of fused-ring (bicyclic) bond motifs is 1. The zero-order valence-corrected chi connectivity index (χ0v) is 16.1. The first-order chi connectivity index (χ1) is 13.9. The van der Waals surface area contributed by atoms with Crippen LogP contribution in [0.1, 0.15) is 52.7 Å². The zero-order chi connectivity index (χ0) is 21.0. The van der Waals surface area contributed by atoms with Crippen LogP contribution in [-0.2, 0) is 14.3 Å². The molecule has 9 heteroatoms. The number of imide groups is 1. The molecule has 0 fully saturated rings. The molecule has 1 aliphatic heterocycles. The van der Waals surface area contributed by atoms with E-state index in [2.05, 4.69) is 10.5 Å². The molecule has 2 aromatic rings. The van der Waals surface area contributed by atoms with E-state index in [-0.39, 0.29) is 23.4 Å². The predicted octanol–water partition coefficient (Wildman–Crippen LogP) is 2.32. The molecule has 0 unspecified atom stereocenters. The highest BCUT2D eigenvalue weighted by Crippen LogP contribution is 2.26. The second-order valence-corrected chi connectivity index (χ2v) is 6.66. The lowest BCUT2D eigenvalue weighted by molar-refractivity contribution is -0.151. The second-order valence-electron chi connectivity index (χ2n) is 6.66. The third-order valence-corrected chi connectivity index (χ3v) is 4.48. The summed E-state index contributed by atoms with van der Waals surface area (Å²) in [6.07, 6.45) is 1.63. The van der Waals surface area contributed by atoms with Crippen LogP contribution >= 0.6 is 0 Å². The summed E-state index contributed by atoms with van der Waals surface area (Å²) in [6, 6.07) is 6.83. The van der Waals surface area contributed by atoms with Gasteiger partial charge in [-0.2, -0.15) is 0 Å². The van der Waals surface area contributed by atoms with E-state index >= 15 is 0 Å². The Morgan fingerprint density at radius 1 is 1.21 bits per heavy atom. The van der Waals surface area contributed by atoms with Gasteiger partial charge in [0.2, 0.25) is 0 Å². The molecule has 29 heavy (non-hydrogen) atoms. The molecular formula is C20H21N3O6. The summed E-state index contributed by atoms with van der Waals surface area (Å²) in [5.41, 5.74) is 0.511. The number of nitrogens with one attached hydrogen (secondary N) is 1. The Labute approximate surface area is 167 Å². The number of esters is 1. The van der Waals surface area contributed by atoms with Crippen molar-refractivity contribution in [2.45, 2.75) is 39.2 Å². The molecule has 152 valence electrons. The quantitative estimate of drug-likeness (QED) is 0.534. The molecule has 0 spiro atoms. The number of aryl methyl sites for hydroxylation is 1. The Kier molecular flexibility index (Phi) is 6.06. The van der Waals surface area contributed by atoms with Gasteiger partial charge in [-0.25, -0.2) is 4.79 Å². The molecule has 1 aromatic carbocycles. The summed E-state index contributed by atoms with van der Waals surface area (Å²) >= 11 is 0. The van der Waals surface area contributed by atoms with Gasteiger partial charge in [-0.15, -0.1) is 0 Å². The number of carbonyl (C=O) groups excluding carboxylic acids is 4. The van der Waals surface area contributed by atoms with Gasteiger partial charge in [-0.1, -0.05) is 37.1 Å². The Morgan fingerprint density at radius 3 is 2.41 bits per heavy atom. The van der Waals surface area contributed by atoms with Crippen molar-refractivity contribution < 1.29 is 28.4 Å². The maximum absolute atomic E-state index is 12.7. The molecule has 0 saturated carbocycles. The molecule has 0 bridgehead atoms. The fraction of sp³-hybridized carbons (Fsp3) is 0.350. The van der Waals surface area contributed by atoms with Gasteiger partial charge in [0.1, 0.15) is 11.8 Å². The third-order valence-electron chi connectivity index (χ3n) is 4.48. The van der Waals surface area contributed by atoms with E-state index in [0.29, 0.717) is 12.2 Å². The summed E-state index contributed by atoms with van der Waals surface area (Å²) in [5.74, 6) is -1.77. The minimum absolute atomic E-state index is 0.200. The number of ether oxygens (including phenoxy) is 1. The summed E-state index contributed by atoms with van der Waals surface area (Å²) < 4.78 is 9.94. The van der Waals surface area contributed by atoms with Gasteiger partial charge in [-0.05, 0) is 25.5 Å². The maximum Gasteiger partial charge on any atom is 0.329 e. The molecule has 1 aliphatic rings. The highest BCUT2D eigenvalue weighted by molar-refractivity contribution is 6.22. The minimum Gasteiger partial charge on any atom is -0.454 e. The van der Waals surface area contributed by atoms with Crippen molar-refractivity contribution in [3.05, 3.63) is 47.2 Å². The molecule has 9 nitrogen and oxygen atoms in total. The van der Waals surface area contributed by atoms with Crippen LogP contribution in [0.2, 0.25) is 0 Å². The van der Waals surface area contributed by atoms with E-state index in [4.69, 9.17) is 9.26 Å². The molecule has 3 rings (SSSR count). The van der Waals surface area contributed by atoms with Crippen LogP contribution in [0.3, 0.4) is 0 Å². The van der Waals surface area contributed by atoms with Gasteiger partial charge >= 0.3 is 5.97 Å². The summed E-state index contributed by atoms with van der Waals surface area (Å²) in [7, 11) is 0. The Bertz CT molecular complexity index is 916. The lowest BCUT2D eigenvalue weighted by Gasteiger charge is -2.24. The standard InChI is InChI=1S/C20H21N3O6/c1-3-4-9-15(23-18(25)13-7-5-6-8-14(13)19(23)26)20(27)28-11-17(24)21-16-10-12(2)29-22-16/h5-8,10,15H,3-4,9,11H2,1-2H3,(H,21,22,24)/t15-/m1/s1. The van der Waals surface area contributed by atoms with Crippen LogP contribution < -0.4 is 5.32 Å². The Morgan fingerprint density at radius 2 is 1.86 bits per heavy atom. The van der Waals surface area contributed by atoms with Crippen molar-refractivity contribution in [1.82, 2.24) is 10.1 Å². The lowest BCUT2D eigenvalue weighted by Crippen LogP contribution is -2.46. The molecule has 1 aromatic heterocycles. The average molecular weight is 399 g/mol. The number of hydrogen-bond acceptors (Lipinski definition) is 7. The van der Waals surface area contributed by atoms with Crippen molar-refractivity contribution >= 4 is 29.5 Å². The van der Waals surface area contributed by atoms with Gasteiger partial charge in [0.25, 0.3) is 17.7 Å². The van der Waals surface area contributed by atoms with E-state index in [0.717, 1.165) is 11.3 Å². The van der Waals surface area contributed by atoms with Gasteiger partial charge in [0, 0.05) is 6.07 Å². The number of nitrogens with zero attached hydrogens (tertiary/aromatic N) is 2. The smallest absolute Gasteiger partial charge is 0.329 e. The monoisotopic (exact) mass is 399 g/mol. The van der Waals surface area contributed by atoms with E-state index in [1.54, 1.807) is 31.2 Å². The van der Waals surface area contributed by atoms with Crippen LogP contribution in [0.5, 0.6) is 0 Å². The van der Waals surface area contributed by atoms with Gasteiger partial charge in [0.15, 0.2) is 12.4 Å². The molecule has 1 atom stereocenters. The van der Waals surface area contributed by atoms with Crippen LogP contribution in [0, 0.1) is 6.92 Å². The fourth-order valence-corrected chi connectivity index (χ4v) is 3.08. The third kappa shape index (κ3) is 4.34. The predicted molar refractivity (Wildman–Crippen MR) is 101 cm³/mol. The highest BCUT2D eigenvalue weighted by atomic mass is 16.5. The Hall–Kier alpha value is -3.49. The number of hydrogen-bond donors (Lipinski definition) is 1.